The van der Waals surface area contributed by atoms with Crippen LogP contribution in [0.2, 0.25) is 0 Å². The molecule has 2 heterocycles. The summed E-state index contributed by atoms with van der Waals surface area (Å²) in [7, 11) is 1.26. The zero-order chi connectivity index (χ0) is 23.0. The number of hydrogen-bond donors (Lipinski definition) is 1. The number of rotatable bonds is 4. The maximum Gasteiger partial charge on any atom is 0.434 e. The first-order valence-electron chi connectivity index (χ1n) is 9.10. The molecule has 2 aromatic carbocycles. The van der Waals surface area contributed by atoms with Gasteiger partial charge in [0.1, 0.15) is 22.9 Å². The summed E-state index contributed by atoms with van der Waals surface area (Å²) in [5.41, 5.74) is -2.93. The summed E-state index contributed by atoms with van der Waals surface area (Å²) in [6.07, 6.45) is -4.14. The van der Waals surface area contributed by atoms with Crippen LogP contribution >= 0.6 is 0 Å². The Morgan fingerprint density at radius 1 is 1.06 bits per heavy atom. The number of carbonyl (C=O) groups is 1. The molecule has 0 saturated heterocycles. The number of nitrogens with zero attached hydrogens (tertiary/aromatic N) is 3. The molecular weight excluding hydrogens is 435 g/mol. The molecule has 0 unspecified atom stereocenters. The van der Waals surface area contributed by atoms with E-state index < -0.39 is 46.3 Å². The second-order valence-electron chi connectivity index (χ2n) is 6.59. The molecule has 1 amide bonds. The van der Waals surface area contributed by atoms with Crippen molar-refractivity contribution in [3.05, 3.63) is 77.6 Å². The summed E-state index contributed by atoms with van der Waals surface area (Å²) in [5, 5.41) is 9.70. The molecule has 32 heavy (non-hydrogen) atoms. The van der Waals surface area contributed by atoms with Crippen LogP contribution in [0.1, 0.15) is 16.1 Å². The number of alkyl halides is 3. The van der Waals surface area contributed by atoms with Crippen molar-refractivity contribution in [1.29, 1.82) is 0 Å². The number of amides is 1. The van der Waals surface area contributed by atoms with Gasteiger partial charge in [-0.05, 0) is 30.3 Å². The monoisotopic (exact) mass is 448 g/mol. The number of carbonyl (C=O) groups excluding carboxylic acids is 1. The van der Waals surface area contributed by atoms with Crippen molar-refractivity contribution in [2.45, 2.75) is 6.18 Å². The second-order valence-corrected chi connectivity index (χ2v) is 6.59. The van der Waals surface area contributed by atoms with Crippen LogP contribution in [0.5, 0.6) is 0 Å². The number of nitrogens with one attached hydrogen (secondary N) is 1. The minimum atomic E-state index is -4.97. The van der Waals surface area contributed by atoms with Crippen LogP contribution in [0.3, 0.4) is 0 Å². The van der Waals surface area contributed by atoms with E-state index in [-0.39, 0.29) is 16.9 Å². The van der Waals surface area contributed by atoms with Crippen LogP contribution in [-0.4, -0.2) is 27.9 Å². The quantitative estimate of drug-likeness (QED) is 0.453. The minimum Gasteiger partial charge on any atom is -0.355 e. The van der Waals surface area contributed by atoms with Crippen LogP contribution < -0.4 is 5.32 Å². The number of hydrogen-bond acceptors (Lipinski definition) is 4. The van der Waals surface area contributed by atoms with Gasteiger partial charge in [0.25, 0.3) is 5.91 Å². The first kappa shape index (κ1) is 21.2. The molecule has 0 spiro atoms. The molecule has 11 heteroatoms. The summed E-state index contributed by atoms with van der Waals surface area (Å²) in [6.45, 7) is 0. The lowest BCUT2D eigenvalue weighted by atomic mass is 10.0. The van der Waals surface area contributed by atoms with Gasteiger partial charge in [0, 0.05) is 12.6 Å². The van der Waals surface area contributed by atoms with Gasteiger partial charge in [-0.25, -0.2) is 13.5 Å². The molecule has 0 atom stereocenters. The molecule has 0 fully saturated rings. The van der Waals surface area contributed by atoms with Gasteiger partial charge < -0.3 is 9.84 Å². The molecule has 0 aliphatic rings. The fraction of sp³-hybridized carbons (Fsp3) is 0.0952. The highest BCUT2D eigenvalue weighted by Gasteiger charge is 2.41. The molecule has 2 aromatic heterocycles. The van der Waals surface area contributed by atoms with Crippen molar-refractivity contribution in [3.63, 3.8) is 0 Å². The number of halogens is 5. The zero-order valence-electron chi connectivity index (χ0n) is 16.2. The van der Waals surface area contributed by atoms with Gasteiger partial charge in [-0.2, -0.15) is 18.3 Å². The predicted molar refractivity (Wildman–Crippen MR) is 103 cm³/mol. The molecule has 4 aromatic rings. The smallest absolute Gasteiger partial charge is 0.355 e. The summed E-state index contributed by atoms with van der Waals surface area (Å²) >= 11 is 0. The Morgan fingerprint density at radius 3 is 2.47 bits per heavy atom. The molecule has 164 valence electrons. The van der Waals surface area contributed by atoms with Gasteiger partial charge >= 0.3 is 6.18 Å². The summed E-state index contributed by atoms with van der Waals surface area (Å²) < 4.78 is 75.7. The third kappa shape index (κ3) is 3.61. The van der Waals surface area contributed by atoms with E-state index in [1.165, 1.54) is 37.4 Å². The Hall–Kier alpha value is -4.02. The molecule has 0 bridgehead atoms. The Kier molecular flexibility index (Phi) is 5.25. The minimum absolute atomic E-state index is 0.132. The molecule has 4 rings (SSSR count). The average Bonchev–Trinajstić information content (AvgIpc) is 3.38. The van der Waals surface area contributed by atoms with E-state index >= 15 is 0 Å². The molecule has 1 N–H and O–H groups in total. The fourth-order valence-electron chi connectivity index (χ4n) is 3.24. The second kappa shape index (κ2) is 7.91. The van der Waals surface area contributed by atoms with Gasteiger partial charge in [0.15, 0.2) is 11.5 Å². The number of benzene rings is 2. The van der Waals surface area contributed by atoms with Crippen LogP contribution in [-0.2, 0) is 6.18 Å². The highest BCUT2D eigenvalue weighted by atomic mass is 19.4. The Bertz CT molecular complexity index is 1310. The zero-order valence-corrected chi connectivity index (χ0v) is 16.2. The van der Waals surface area contributed by atoms with Gasteiger partial charge in [-0.15, -0.1) is 0 Å². The largest absolute Gasteiger partial charge is 0.434 e. The van der Waals surface area contributed by atoms with Gasteiger partial charge in [-0.3, -0.25) is 4.79 Å². The maximum absolute atomic E-state index is 14.3. The highest BCUT2D eigenvalue weighted by molar-refractivity contribution is 6.05. The third-order valence-electron chi connectivity index (χ3n) is 4.61. The standard InChI is InChI=1S/C21H13F5N4O2/c1-27-20(31)16-17(13-7-2-3-8-15(13)23)29-32-18(16)14-10-28-30(19(14)21(24,25)26)12-6-4-5-11(22)9-12/h2-10H,1H3,(H,27,31). The van der Waals surface area contributed by atoms with Crippen LogP contribution in [0.25, 0.3) is 28.3 Å². The Balaban J connectivity index is 1.99. The highest BCUT2D eigenvalue weighted by Crippen LogP contribution is 2.41. The summed E-state index contributed by atoms with van der Waals surface area (Å²) in [4.78, 5) is 12.6. The van der Waals surface area contributed by atoms with Gasteiger partial charge in [0.2, 0.25) is 0 Å². The molecule has 0 saturated carbocycles. The molecule has 0 aliphatic heterocycles. The normalized spacial score (nSPS) is 11.6. The first-order valence-corrected chi connectivity index (χ1v) is 9.10. The molecule has 0 radical (unpaired) electrons. The van der Waals surface area contributed by atoms with Crippen LogP contribution in [0.4, 0.5) is 22.0 Å². The van der Waals surface area contributed by atoms with Crippen molar-refractivity contribution in [1.82, 2.24) is 20.3 Å². The van der Waals surface area contributed by atoms with E-state index in [0.29, 0.717) is 4.68 Å². The van der Waals surface area contributed by atoms with E-state index in [1.54, 1.807) is 0 Å². The van der Waals surface area contributed by atoms with Crippen LogP contribution in [0.15, 0.2) is 59.3 Å². The maximum atomic E-state index is 14.3. The van der Waals surface area contributed by atoms with E-state index in [1.807, 2.05) is 0 Å². The number of aromatic nitrogens is 3. The van der Waals surface area contributed by atoms with Crippen molar-refractivity contribution in [2.24, 2.45) is 0 Å². The van der Waals surface area contributed by atoms with E-state index in [2.05, 4.69) is 15.6 Å². The van der Waals surface area contributed by atoms with Crippen molar-refractivity contribution < 1.29 is 31.3 Å². The van der Waals surface area contributed by atoms with Crippen molar-refractivity contribution >= 4 is 5.91 Å². The van der Waals surface area contributed by atoms with E-state index in [0.717, 1.165) is 24.4 Å². The van der Waals surface area contributed by atoms with Gasteiger partial charge in [0.05, 0.1) is 17.4 Å². The molecule has 0 aliphatic carbocycles. The third-order valence-corrected chi connectivity index (χ3v) is 4.61. The Morgan fingerprint density at radius 2 is 1.81 bits per heavy atom. The topological polar surface area (TPSA) is 73.0 Å². The average molecular weight is 448 g/mol. The predicted octanol–water partition coefficient (Wildman–Crippen LogP) is 4.85. The van der Waals surface area contributed by atoms with E-state index in [4.69, 9.17) is 4.52 Å². The lowest BCUT2D eigenvalue weighted by Gasteiger charge is -2.12. The lowest BCUT2D eigenvalue weighted by Crippen LogP contribution is -2.19. The lowest BCUT2D eigenvalue weighted by molar-refractivity contribution is -0.142. The Labute approximate surface area is 177 Å². The molecular formula is C21H13F5N4O2. The van der Waals surface area contributed by atoms with Gasteiger partial charge in [-0.1, -0.05) is 23.4 Å². The van der Waals surface area contributed by atoms with E-state index in [9.17, 15) is 26.7 Å². The van der Waals surface area contributed by atoms with Crippen LogP contribution in [0, 0.1) is 11.6 Å². The SMILES string of the molecule is CNC(=O)c1c(-c2ccccc2F)noc1-c1cnn(-c2cccc(F)c2)c1C(F)(F)F. The summed E-state index contributed by atoms with van der Waals surface area (Å²) in [6, 6.07) is 9.71. The molecule has 6 nitrogen and oxygen atoms in total. The summed E-state index contributed by atoms with van der Waals surface area (Å²) in [5.74, 6) is -2.91. The fourth-order valence-corrected chi connectivity index (χ4v) is 3.24. The van der Waals surface area contributed by atoms with Crippen molar-refractivity contribution in [3.8, 4) is 28.3 Å². The van der Waals surface area contributed by atoms with Crippen molar-refractivity contribution in [2.75, 3.05) is 7.05 Å². The first-order chi connectivity index (χ1) is 15.2.